The van der Waals surface area contributed by atoms with Gasteiger partial charge in [0.2, 0.25) is 11.5 Å². The number of Topliss-reactive ketones (excluding diaryl/α,β-unsaturated/α-hetero) is 1. The number of amides is 1. The maximum Gasteiger partial charge on any atom is 0.295 e. The van der Waals surface area contributed by atoms with Gasteiger partial charge in [0.05, 0.1) is 32.9 Å². The number of nitrogens with zero attached hydrogens (tertiary/aromatic N) is 2. The number of carbonyl (C=O) groups excluding carboxylic acids is 2. The fourth-order valence-corrected chi connectivity index (χ4v) is 4.34. The summed E-state index contributed by atoms with van der Waals surface area (Å²) in [4.78, 5) is 28.2. The molecule has 2 aromatic carbocycles. The maximum atomic E-state index is 13.7. The number of para-hydroxylation sites is 1. The minimum absolute atomic E-state index is 0.0267. The number of hydrogen-bond acceptors (Lipinski definition) is 9. The molecule has 1 amide bonds. The van der Waals surface area contributed by atoms with Gasteiger partial charge in [-0.1, -0.05) is 23.4 Å². The number of benzene rings is 2. The number of ketones is 1. The average Bonchev–Trinajstić information content (AvgIpc) is 3.58. The molecule has 2 aromatic heterocycles. The Bertz CT molecular complexity index is 1470. The number of aromatic nitrogens is 1. The Morgan fingerprint density at radius 1 is 1.03 bits per heavy atom. The molecule has 0 unspecified atom stereocenters. The van der Waals surface area contributed by atoms with Crippen molar-refractivity contribution < 1.29 is 37.8 Å². The number of carbonyl (C=O) groups is 2. The topological polar surface area (TPSA) is 124 Å². The molecule has 0 aliphatic carbocycles. The van der Waals surface area contributed by atoms with Gasteiger partial charge in [-0.15, -0.1) is 0 Å². The molecule has 1 N–H and O–H groups in total. The molecule has 1 atom stereocenters. The van der Waals surface area contributed by atoms with Crippen LogP contribution in [0.15, 0.2) is 68.8 Å². The number of aliphatic hydroxyl groups is 1. The Kier molecular flexibility index (Phi) is 5.63. The lowest BCUT2D eigenvalue weighted by Gasteiger charge is -2.25. The Morgan fingerprint density at radius 2 is 1.72 bits per heavy atom. The molecule has 5 rings (SSSR count). The van der Waals surface area contributed by atoms with Crippen molar-refractivity contribution in [2.24, 2.45) is 0 Å². The largest absolute Gasteiger partial charge is 0.503 e. The fraction of sp³-hybridized carbons (Fsp3) is 0.192. The highest BCUT2D eigenvalue weighted by atomic mass is 16.5. The molecule has 0 spiro atoms. The molecule has 1 aliphatic rings. The van der Waals surface area contributed by atoms with Crippen LogP contribution in [0.5, 0.6) is 17.2 Å². The number of aliphatic hydroxyl groups excluding tert-OH is 1. The summed E-state index contributed by atoms with van der Waals surface area (Å²) in [6.45, 7) is 1.67. The van der Waals surface area contributed by atoms with Gasteiger partial charge in [0.25, 0.3) is 5.91 Å². The molecular weight excluding hydrogens is 468 g/mol. The van der Waals surface area contributed by atoms with E-state index in [1.165, 1.54) is 32.3 Å². The van der Waals surface area contributed by atoms with E-state index in [-0.39, 0.29) is 17.2 Å². The van der Waals surface area contributed by atoms with Gasteiger partial charge in [-0.2, -0.15) is 0 Å². The quantitative estimate of drug-likeness (QED) is 0.372. The predicted molar refractivity (Wildman–Crippen MR) is 128 cm³/mol. The summed E-state index contributed by atoms with van der Waals surface area (Å²) in [6.07, 6.45) is 0. The van der Waals surface area contributed by atoms with Crippen LogP contribution >= 0.6 is 0 Å². The van der Waals surface area contributed by atoms with Crippen LogP contribution in [0.1, 0.15) is 27.9 Å². The van der Waals surface area contributed by atoms with Gasteiger partial charge in [-0.05, 0) is 36.8 Å². The second-order valence-corrected chi connectivity index (χ2v) is 8.07. The SMILES string of the molecule is COc1cc([C@H]2C(C(=O)c3cc4ccccc4o3)=C(O)C(=O)N2c2cc(C)on2)cc(OC)c1OC. The van der Waals surface area contributed by atoms with Crippen molar-refractivity contribution in [3.63, 3.8) is 0 Å². The van der Waals surface area contributed by atoms with Gasteiger partial charge >= 0.3 is 0 Å². The lowest BCUT2D eigenvalue weighted by Crippen LogP contribution is -2.31. The van der Waals surface area contributed by atoms with Crippen LogP contribution in [0.25, 0.3) is 11.0 Å². The van der Waals surface area contributed by atoms with Crippen molar-refractivity contribution >= 4 is 28.5 Å². The molecular formula is C26H22N2O8. The summed E-state index contributed by atoms with van der Waals surface area (Å²) in [5.41, 5.74) is 0.717. The molecule has 0 fully saturated rings. The van der Waals surface area contributed by atoms with Crippen molar-refractivity contribution in [2.45, 2.75) is 13.0 Å². The lowest BCUT2D eigenvalue weighted by molar-refractivity contribution is -0.117. The molecule has 10 nitrogen and oxygen atoms in total. The van der Waals surface area contributed by atoms with Gasteiger partial charge in [0.15, 0.2) is 28.8 Å². The predicted octanol–water partition coefficient (Wildman–Crippen LogP) is 4.54. The zero-order valence-corrected chi connectivity index (χ0v) is 19.9. The van der Waals surface area contributed by atoms with E-state index in [9.17, 15) is 14.7 Å². The first-order valence-electron chi connectivity index (χ1n) is 10.9. The molecule has 0 saturated carbocycles. The number of ether oxygens (including phenoxy) is 3. The Labute approximate surface area is 205 Å². The standard InChI is InChI=1S/C26H22N2O8/c1-13-9-20(27-36-13)28-22(15-11-18(32-2)25(34-4)19(12-15)33-3)21(24(30)26(28)31)23(29)17-10-14-7-5-6-8-16(14)35-17/h5-12,22,30H,1-4H3/t22-/m0/s1. The van der Waals surface area contributed by atoms with E-state index < -0.39 is 23.5 Å². The van der Waals surface area contributed by atoms with Crippen molar-refractivity contribution in [1.29, 1.82) is 0 Å². The first kappa shape index (κ1) is 23.0. The van der Waals surface area contributed by atoms with Gasteiger partial charge < -0.3 is 28.3 Å². The summed E-state index contributed by atoms with van der Waals surface area (Å²) < 4.78 is 27.3. The zero-order chi connectivity index (χ0) is 25.6. The van der Waals surface area contributed by atoms with Gasteiger partial charge in [-0.3, -0.25) is 14.5 Å². The molecule has 1 aliphatic heterocycles. The highest BCUT2D eigenvalue weighted by Gasteiger charge is 2.47. The molecule has 3 heterocycles. The van der Waals surface area contributed by atoms with E-state index in [0.717, 1.165) is 0 Å². The number of furan rings is 1. The maximum absolute atomic E-state index is 13.7. The third-order valence-corrected chi connectivity index (χ3v) is 5.97. The number of anilines is 1. The van der Waals surface area contributed by atoms with Crippen molar-refractivity contribution in [3.8, 4) is 17.2 Å². The van der Waals surface area contributed by atoms with Crippen LogP contribution in [-0.2, 0) is 4.79 Å². The zero-order valence-electron chi connectivity index (χ0n) is 19.9. The molecule has 10 heteroatoms. The van der Waals surface area contributed by atoms with Crippen molar-refractivity contribution in [3.05, 3.63) is 76.9 Å². The lowest BCUT2D eigenvalue weighted by atomic mass is 9.94. The van der Waals surface area contributed by atoms with E-state index >= 15 is 0 Å². The van der Waals surface area contributed by atoms with Crippen LogP contribution in [0.3, 0.4) is 0 Å². The van der Waals surface area contributed by atoms with Crippen LogP contribution in [0.4, 0.5) is 5.82 Å². The van der Waals surface area contributed by atoms with E-state index in [1.54, 1.807) is 43.3 Å². The van der Waals surface area contributed by atoms with E-state index in [2.05, 4.69) is 5.16 Å². The first-order chi connectivity index (χ1) is 17.4. The Hall–Kier alpha value is -4.73. The molecule has 36 heavy (non-hydrogen) atoms. The number of aryl methyl sites for hydroxylation is 1. The number of fused-ring (bicyclic) bond motifs is 1. The highest BCUT2D eigenvalue weighted by Crippen LogP contribution is 2.47. The molecule has 0 saturated heterocycles. The van der Waals surface area contributed by atoms with Gasteiger partial charge in [0.1, 0.15) is 11.3 Å². The average molecular weight is 490 g/mol. The van der Waals surface area contributed by atoms with E-state index in [0.29, 0.717) is 39.5 Å². The summed E-state index contributed by atoms with van der Waals surface area (Å²) in [6, 6.07) is 12.3. The van der Waals surface area contributed by atoms with Crippen molar-refractivity contribution in [2.75, 3.05) is 26.2 Å². The Morgan fingerprint density at radius 3 is 2.31 bits per heavy atom. The third kappa shape index (κ3) is 3.54. The smallest absolute Gasteiger partial charge is 0.295 e. The van der Waals surface area contributed by atoms with Crippen LogP contribution in [-0.4, -0.2) is 43.3 Å². The second kappa shape index (κ2) is 8.81. The molecule has 0 bridgehead atoms. The number of hydrogen-bond donors (Lipinski definition) is 1. The second-order valence-electron chi connectivity index (χ2n) is 8.07. The fourth-order valence-electron chi connectivity index (χ4n) is 4.34. The van der Waals surface area contributed by atoms with Gasteiger partial charge in [0, 0.05) is 11.5 Å². The summed E-state index contributed by atoms with van der Waals surface area (Å²) in [5.74, 6) is -0.723. The van der Waals surface area contributed by atoms with Crippen molar-refractivity contribution in [1.82, 2.24) is 5.16 Å². The van der Waals surface area contributed by atoms with Gasteiger partial charge in [-0.25, -0.2) is 0 Å². The number of rotatable bonds is 7. The molecule has 0 radical (unpaired) electrons. The van der Waals surface area contributed by atoms with Crippen LogP contribution in [0.2, 0.25) is 0 Å². The third-order valence-electron chi connectivity index (χ3n) is 5.97. The van der Waals surface area contributed by atoms with Crippen LogP contribution in [0, 0.1) is 6.92 Å². The summed E-state index contributed by atoms with van der Waals surface area (Å²) in [7, 11) is 4.37. The number of methoxy groups -OCH3 is 3. The normalized spacial score (nSPS) is 15.6. The summed E-state index contributed by atoms with van der Waals surface area (Å²) >= 11 is 0. The van der Waals surface area contributed by atoms with E-state index in [4.69, 9.17) is 23.2 Å². The van der Waals surface area contributed by atoms with Crippen LogP contribution < -0.4 is 19.1 Å². The Balaban J connectivity index is 1.71. The minimum atomic E-state index is -1.10. The highest BCUT2D eigenvalue weighted by molar-refractivity contribution is 6.20. The molecule has 4 aromatic rings. The summed E-state index contributed by atoms with van der Waals surface area (Å²) in [5, 5.41) is 15.6. The first-order valence-corrected chi connectivity index (χ1v) is 10.9. The van der Waals surface area contributed by atoms with E-state index in [1.807, 2.05) is 6.07 Å². The molecule has 184 valence electrons. The minimum Gasteiger partial charge on any atom is -0.503 e. The monoisotopic (exact) mass is 490 g/mol.